The predicted molar refractivity (Wildman–Crippen MR) is 286 cm³/mol. The van der Waals surface area contributed by atoms with Crippen LogP contribution < -0.4 is 19.8 Å². The van der Waals surface area contributed by atoms with Crippen LogP contribution in [0.5, 0.6) is 5.75 Å². The van der Waals surface area contributed by atoms with Crippen molar-refractivity contribution in [1.29, 1.82) is 0 Å². The molecule has 0 aliphatic carbocycles. The number of anilines is 2. The number of nitrogens with one attached hydrogen (secondary N) is 2. The van der Waals surface area contributed by atoms with Crippen LogP contribution in [-0.2, 0) is 64.9 Å². The third-order valence-electron chi connectivity index (χ3n) is 10.6. The van der Waals surface area contributed by atoms with E-state index in [9.17, 15) is 53.2 Å². The van der Waals surface area contributed by atoms with E-state index in [0.717, 1.165) is 30.9 Å². The summed E-state index contributed by atoms with van der Waals surface area (Å²) in [5.74, 6) is -14.5. The van der Waals surface area contributed by atoms with Gasteiger partial charge >= 0.3 is 107 Å². The molecule has 4 N–H and O–H groups in total. The average molecular weight is 1080 g/mol. The molecule has 0 spiro atoms. The Balaban J connectivity index is 0.000000514. The number of halogens is 5. The minimum absolute atomic E-state index is 0.107. The molecule has 0 bridgehead atoms. The number of benzene rings is 5. The Kier molecular flexibility index (Phi) is 28.1. The van der Waals surface area contributed by atoms with E-state index in [1.807, 2.05) is 20.8 Å². The molecule has 5 aromatic rings. The van der Waals surface area contributed by atoms with Crippen molar-refractivity contribution < 1.29 is 62.6 Å². The van der Waals surface area contributed by atoms with Gasteiger partial charge in [0.15, 0.2) is 7.98 Å². The van der Waals surface area contributed by atoms with E-state index in [0.29, 0.717) is 18.2 Å². The SMILES string of the molecule is CCC(COC(=O)C(C)(C)C)Cc1ccc(C)c(C)c1.CCCc1ccc(C)c(C)c1.CS(=O)(=O)Nc1ccc(CC(=O)Oc2c(F)c(F)c(F)c(F)c2F)cc1.[B]=NC(=O)Cc1ccc(NS(C)(=O)=O)cc1.[B]N. The van der Waals surface area contributed by atoms with Crippen LogP contribution in [0.15, 0.2) is 89.8 Å². The number of carbonyl (C=O) groups excluding carboxylic acids is 3. The molecule has 0 saturated carbocycles. The molecule has 0 saturated heterocycles. The summed E-state index contributed by atoms with van der Waals surface area (Å²) in [6.45, 7) is 19.1. The fourth-order valence-electron chi connectivity index (χ4n) is 6.26. The van der Waals surface area contributed by atoms with Crippen molar-refractivity contribution in [3.63, 3.8) is 0 Å². The quantitative estimate of drug-likeness (QED) is 0.0213. The van der Waals surface area contributed by atoms with Gasteiger partial charge in [0, 0.05) is 5.69 Å². The van der Waals surface area contributed by atoms with Crippen LogP contribution in [0.4, 0.5) is 33.3 Å². The molecule has 405 valence electrons. The summed E-state index contributed by atoms with van der Waals surface area (Å²) >= 11 is 0. The maximum atomic E-state index is 13.4. The number of carbonyl (C=O) groups is 3. The Bertz CT molecular complexity index is 2900. The summed E-state index contributed by atoms with van der Waals surface area (Å²) in [7, 11) is 2.04. The summed E-state index contributed by atoms with van der Waals surface area (Å²) in [4.78, 5) is 37.4. The van der Waals surface area contributed by atoms with Gasteiger partial charge < -0.3 is 15.1 Å². The van der Waals surface area contributed by atoms with Gasteiger partial charge in [-0.3, -0.25) is 14.3 Å². The van der Waals surface area contributed by atoms with Crippen molar-refractivity contribution >= 4 is 64.9 Å². The second kappa shape index (κ2) is 31.6. The zero-order chi connectivity index (χ0) is 57.4. The summed E-state index contributed by atoms with van der Waals surface area (Å²) in [6.07, 6.45) is 5.98. The first-order valence-electron chi connectivity index (χ1n) is 23.3. The van der Waals surface area contributed by atoms with Crippen molar-refractivity contribution in [3.8, 4) is 5.75 Å². The minimum Gasteiger partial charge on any atom is -0.380 e. The Morgan fingerprint density at radius 1 is 0.627 bits per heavy atom. The molecule has 3 radical (unpaired) electrons. The summed E-state index contributed by atoms with van der Waals surface area (Å²) in [6, 6.07) is 25.0. The smallest absolute Gasteiger partial charge is 0.174 e. The molecular weight excluding hydrogens is 1020 g/mol. The third-order valence-corrected chi connectivity index (χ3v) is 11.8. The van der Waals surface area contributed by atoms with Gasteiger partial charge in [0.25, 0.3) is 0 Å². The first-order chi connectivity index (χ1) is 34.9. The normalized spacial score (nSPS) is 11.3. The van der Waals surface area contributed by atoms with Gasteiger partial charge in [-0.15, -0.1) is 0 Å². The third kappa shape index (κ3) is 25.2. The summed E-state index contributed by atoms with van der Waals surface area (Å²) in [5.41, 5.74) is 13.4. The van der Waals surface area contributed by atoms with E-state index in [1.165, 1.54) is 70.5 Å². The molecule has 5 aromatic carbocycles. The van der Waals surface area contributed by atoms with Crippen LogP contribution in [0.25, 0.3) is 0 Å². The van der Waals surface area contributed by atoms with E-state index in [4.69, 9.17) is 12.4 Å². The van der Waals surface area contributed by atoms with Crippen molar-refractivity contribution in [3.05, 3.63) is 159 Å². The molecule has 0 heterocycles. The molecule has 75 heavy (non-hydrogen) atoms. The second-order valence-corrected chi connectivity index (χ2v) is 21.8. The van der Waals surface area contributed by atoms with Crippen molar-refractivity contribution in [2.24, 2.45) is 21.9 Å². The maximum absolute atomic E-state index is 13.4. The van der Waals surface area contributed by atoms with E-state index < -0.39 is 78.6 Å². The number of amides is 1. The van der Waals surface area contributed by atoms with Crippen molar-refractivity contribution in [2.75, 3.05) is 28.6 Å². The van der Waals surface area contributed by atoms with Gasteiger partial charge in [0.2, 0.25) is 44.9 Å². The number of nitrogens with zero attached hydrogens (tertiary/aromatic N) is 1. The van der Waals surface area contributed by atoms with Gasteiger partial charge in [-0.2, -0.15) is 8.78 Å². The summed E-state index contributed by atoms with van der Waals surface area (Å²) < 4.78 is 124. The standard InChI is InChI=1S/C18H28O2.C15H10F5NO4S.C11H16.C9H10BN2O3S.BH2N/c1-7-15(12-20-17(19)18(4,5)6)11-16-9-8-13(2)14(3)10-16;1-26(23,24)21-8-4-2-7(3-5-8)6-9(22)25-15-13(19)11(17)10(16)12(18)14(15)20;1-4-5-11-7-6-9(2)10(3)8-11;1-16(14,15)12-8-4-2-7(3-5-8)6-9(13)11-10;1-2/h8-10,15H,7,11-12H2,1-6H3;2-5,21H,6H2,1H3;6-8H,4-5H2,1-3H3;2-5,12H,6H2,1H3;2H2. The van der Waals surface area contributed by atoms with Gasteiger partial charge in [-0.05, 0) is 125 Å². The molecule has 1 unspecified atom stereocenters. The van der Waals surface area contributed by atoms with E-state index in [2.05, 4.69) is 111 Å². The fraction of sp³-hybridized carbons (Fsp3) is 0.377. The number of hydrogen-bond acceptors (Lipinski definition) is 10. The Morgan fingerprint density at radius 2 is 1.03 bits per heavy atom. The van der Waals surface area contributed by atoms with Crippen LogP contribution in [0.2, 0.25) is 0 Å². The van der Waals surface area contributed by atoms with E-state index >= 15 is 0 Å². The van der Waals surface area contributed by atoms with E-state index in [1.54, 1.807) is 24.3 Å². The molecule has 22 heteroatoms. The Labute approximate surface area is 441 Å². The topological polar surface area (TPSA) is 200 Å². The van der Waals surface area contributed by atoms with Crippen molar-refractivity contribution in [2.45, 2.75) is 101 Å². The van der Waals surface area contributed by atoms with Crippen LogP contribution in [-0.4, -0.2) is 69.4 Å². The first kappa shape index (κ1) is 66.8. The van der Waals surface area contributed by atoms with Gasteiger partial charge in [0.1, 0.15) is 0 Å². The number of nitrogens with two attached hydrogens (primary N) is 1. The van der Waals surface area contributed by atoms with E-state index in [-0.39, 0.29) is 23.6 Å². The molecule has 0 aliphatic rings. The first-order valence-corrected chi connectivity index (χ1v) is 27.1. The second-order valence-electron chi connectivity index (χ2n) is 18.3. The Hall–Kier alpha value is -6.25. The number of sulfonamides is 2. The van der Waals surface area contributed by atoms with Crippen LogP contribution >= 0.6 is 0 Å². The average Bonchev–Trinajstić information content (AvgIpc) is 3.34. The molecular formula is C53H66B2F5N4O9S2. The van der Waals surface area contributed by atoms with Gasteiger partial charge in [0.05, 0.1) is 24.7 Å². The Morgan fingerprint density at radius 3 is 1.41 bits per heavy atom. The van der Waals surface area contributed by atoms with Gasteiger partial charge in [-0.1, -0.05) is 68.8 Å². The molecule has 13 nitrogen and oxygen atoms in total. The van der Waals surface area contributed by atoms with Crippen LogP contribution in [0.1, 0.15) is 92.0 Å². The van der Waals surface area contributed by atoms with Crippen LogP contribution in [0.3, 0.4) is 0 Å². The molecule has 0 aromatic heterocycles. The zero-order valence-electron chi connectivity index (χ0n) is 44.2. The monoisotopic (exact) mass is 1080 g/mol. The fourth-order valence-corrected chi connectivity index (χ4v) is 7.39. The maximum Gasteiger partial charge on any atom is 0.174 e. The molecule has 5 rings (SSSR count). The summed E-state index contributed by atoms with van der Waals surface area (Å²) in [5, 5.41) is 0. The molecule has 1 atom stereocenters. The largest absolute Gasteiger partial charge is 0.380 e. The number of aryl methyl sites for hydroxylation is 5. The molecule has 1 amide bonds. The molecule has 0 aliphatic heterocycles. The van der Waals surface area contributed by atoms with Gasteiger partial charge in [-0.25, -0.2) is 21.6 Å². The number of esters is 2. The number of ether oxygens (including phenoxy) is 2. The molecule has 0 fully saturated rings. The van der Waals surface area contributed by atoms with Crippen molar-refractivity contribution in [1.82, 2.24) is 0 Å². The zero-order valence-corrected chi connectivity index (χ0v) is 45.8. The number of rotatable bonds is 16. The minimum atomic E-state index is -3.50. The van der Waals surface area contributed by atoms with Crippen LogP contribution in [0, 0.1) is 68.1 Å². The predicted octanol–water partition coefficient (Wildman–Crippen LogP) is 10.1. The number of hydrogen-bond donors (Lipinski definition) is 3.